The largest absolute Gasteiger partial charge is 0.472 e. The fraction of sp³-hybridized carbons (Fsp3) is 0.231. The van der Waals surface area contributed by atoms with Gasteiger partial charge >= 0.3 is 0 Å². The highest BCUT2D eigenvalue weighted by Crippen LogP contribution is 2.25. The topological polar surface area (TPSA) is 92.9 Å². The lowest BCUT2D eigenvalue weighted by molar-refractivity contribution is 0.0997. The third kappa shape index (κ3) is 3.56. The van der Waals surface area contributed by atoms with E-state index in [-0.39, 0.29) is 6.61 Å². The lowest BCUT2D eigenvalue weighted by atomic mass is 10.1. The predicted octanol–water partition coefficient (Wildman–Crippen LogP) is 3.17. The van der Waals surface area contributed by atoms with E-state index >= 15 is 0 Å². The molecule has 0 N–H and O–H groups in total. The Kier molecular flexibility index (Phi) is 4.86. The molecule has 0 saturated carbocycles. The molecule has 0 saturated heterocycles. The van der Waals surface area contributed by atoms with E-state index in [2.05, 4.69) is 15.1 Å². The van der Waals surface area contributed by atoms with Gasteiger partial charge in [0.25, 0.3) is 0 Å². The summed E-state index contributed by atoms with van der Waals surface area (Å²) in [5.41, 5.74) is 9.45. The average molecular weight is 303 g/mol. The fourth-order valence-corrected chi connectivity index (χ4v) is 2.45. The Bertz CT molecular complexity index is 706. The van der Waals surface area contributed by atoms with Crippen molar-refractivity contribution in [3.8, 4) is 5.88 Å². The number of benzene rings is 1. The summed E-state index contributed by atoms with van der Waals surface area (Å²) in [6, 6.07) is 6.98. The quantitative estimate of drug-likeness (QED) is 0.367. The molecule has 21 heavy (non-hydrogen) atoms. The number of azide groups is 1. The summed E-state index contributed by atoms with van der Waals surface area (Å²) in [5.74, 6) is -0.149. The van der Waals surface area contributed by atoms with Crippen LogP contribution in [0.1, 0.15) is 15.9 Å². The van der Waals surface area contributed by atoms with Crippen LogP contribution in [0.3, 0.4) is 0 Å². The smallest absolute Gasteiger partial charge is 0.249 e. The third-order valence-electron chi connectivity index (χ3n) is 2.77. The lowest BCUT2D eigenvalue weighted by Crippen LogP contribution is -2.06. The second-order valence-electron chi connectivity index (χ2n) is 4.10. The maximum absolute atomic E-state index is 11.8. The molecule has 1 aromatic heterocycles. The molecule has 0 bridgehead atoms. The van der Waals surface area contributed by atoms with Crippen LogP contribution in [0.4, 0.5) is 0 Å². The van der Waals surface area contributed by atoms with E-state index < -0.39 is 5.91 Å². The van der Waals surface area contributed by atoms with Crippen molar-refractivity contribution >= 4 is 17.7 Å². The Morgan fingerprint density at radius 3 is 2.95 bits per heavy atom. The van der Waals surface area contributed by atoms with Crippen LogP contribution in [0.15, 0.2) is 40.5 Å². The van der Waals surface area contributed by atoms with Crippen LogP contribution >= 0.6 is 11.8 Å². The molecule has 8 heteroatoms. The van der Waals surface area contributed by atoms with E-state index in [1.807, 2.05) is 12.3 Å². The maximum Gasteiger partial charge on any atom is 0.249 e. The number of nitrogens with zero attached hydrogens (tertiary/aromatic N) is 5. The van der Waals surface area contributed by atoms with E-state index in [0.717, 1.165) is 4.90 Å². The molecule has 0 radical (unpaired) electrons. The number of carbonyl (C=O) groups excluding carboxylic acids is 1. The highest BCUT2D eigenvalue weighted by Gasteiger charge is 2.14. The van der Waals surface area contributed by atoms with Crippen molar-refractivity contribution in [2.75, 3.05) is 6.26 Å². The summed E-state index contributed by atoms with van der Waals surface area (Å²) in [6.07, 6.45) is 3.67. The molecule has 0 aliphatic heterocycles. The molecule has 0 aliphatic carbocycles. The molecule has 2 aromatic rings. The van der Waals surface area contributed by atoms with Gasteiger partial charge in [0.1, 0.15) is 6.61 Å². The summed E-state index contributed by atoms with van der Waals surface area (Å²) < 4.78 is 7.22. The van der Waals surface area contributed by atoms with Gasteiger partial charge in [-0.2, -0.15) is 0 Å². The summed E-state index contributed by atoms with van der Waals surface area (Å²) in [4.78, 5) is 15.3. The van der Waals surface area contributed by atoms with Gasteiger partial charge in [0.05, 0.1) is 0 Å². The number of aromatic nitrogens is 2. The minimum absolute atomic E-state index is 0.177. The number of ether oxygens (including phenoxy) is 1. The molecule has 1 amide bonds. The summed E-state index contributed by atoms with van der Waals surface area (Å²) in [5, 5.41) is 7.26. The van der Waals surface area contributed by atoms with Crippen LogP contribution in [0.5, 0.6) is 5.88 Å². The van der Waals surface area contributed by atoms with E-state index in [1.165, 1.54) is 11.8 Å². The number of aryl methyl sites for hydroxylation is 1. The Morgan fingerprint density at radius 1 is 1.52 bits per heavy atom. The van der Waals surface area contributed by atoms with Crippen LogP contribution in [-0.2, 0) is 13.7 Å². The summed E-state index contributed by atoms with van der Waals surface area (Å²) in [6.45, 7) is 0.177. The van der Waals surface area contributed by atoms with Gasteiger partial charge in [-0.25, -0.2) is 0 Å². The molecular weight excluding hydrogens is 290 g/mol. The first-order valence-corrected chi connectivity index (χ1v) is 7.26. The second kappa shape index (κ2) is 6.83. The second-order valence-corrected chi connectivity index (χ2v) is 4.95. The van der Waals surface area contributed by atoms with Crippen molar-refractivity contribution in [3.63, 3.8) is 0 Å². The van der Waals surface area contributed by atoms with Gasteiger partial charge in [0.2, 0.25) is 11.8 Å². The van der Waals surface area contributed by atoms with Gasteiger partial charge in [0, 0.05) is 40.2 Å². The van der Waals surface area contributed by atoms with Gasteiger partial charge in [-0.05, 0) is 23.0 Å². The first-order valence-electron chi connectivity index (χ1n) is 6.03. The number of carbonyl (C=O) groups is 1. The van der Waals surface area contributed by atoms with E-state index in [4.69, 9.17) is 10.3 Å². The number of hydrogen-bond donors (Lipinski definition) is 0. The van der Waals surface area contributed by atoms with Crippen molar-refractivity contribution in [1.29, 1.82) is 0 Å². The Morgan fingerprint density at radius 2 is 2.33 bits per heavy atom. The Balaban J connectivity index is 2.30. The predicted molar refractivity (Wildman–Crippen MR) is 79.2 cm³/mol. The third-order valence-corrected chi connectivity index (χ3v) is 3.59. The lowest BCUT2D eigenvalue weighted by Gasteiger charge is -2.11. The molecule has 108 valence electrons. The minimum Gasteiger partial charge on any atom is -0.472 e. The zero-order valence-electron chi connectivity index (χ0n) is 11.6. The Labute approximate surface area is 125 Å². The van der Waals surface area contributed by atoms with Crippen molar-refractivity contribution in [1.82, 2.24) is 9.78 Å². The first-order chi connectivity index (χ1) is 10.2. The first kappa shape index (κ1) is 15.0. The molecular formula is C13H13N5O2S. The van der Waals surface area contributed by atoms with E-state index in [9.17, 15) is 4.79 Å². The van der Waals surface area contributed by atoms with Crippen molar-refractivity contribution in [3.05, 3.63) is 52.0 Å². The van der Waals surface area contributed by atoms with Crippen LogP contribution in [0, 0.1) is 0 Å². The number of rotatable bonds is 5. The highest BCUT2D eigenvalue weighted by atomic mass is 32.2. The van der Waals surface area contributed by atoms with Crippen molar-refractivity contribution in [2.45, 2.75) is 11.5 Å². The molecule has 0 unspecified atom stereocenters. The maximum atomic E-state index is 11.8. The van der Waals surface area contributed by atoms with Crippen LogP contribution < -0.4 is 4.74 Å². The zero-order valence-corrected chi connectivity index (χ0v) is 12.4. The number of thioether (sulfide) groups is 1. The molecule has 1 aromatic carbocycles. The standard InChI is InChI=1S/C13H13N5O2S/c1-18-7-6-12(16-18)20-8-10-9(13(19)15-17-14)4-3-5-11(10)21-2/h3-7H,8H2,1-2H3. The molecule has 0 spiro atoms. The SMILES string of the molecule is CSc1cccc(C(=O)N=[N+]=[N-])c1COc1ccn(C)n1. The monoisotopic (exact) mass is 303 g/mol. The Hall–Kier alpha value is -2.44. The molecule has 0 aliphatic rings. The van der Waals surface area contributed by atoms with Crippen LogP contribution in [-0.4, -0.2) is 21.9 Å². The van der Waals surface area contributed by atoms with Gasteiger partial charge in [-0.3, -0.25) is 9.48 Å². The minimum atomic E-state index is -0.618. The summed E-state index contributed by atoms with van der Waals surface area (Å²) in [7, 11) is 1.79. The molecule has 2 rings (SSSR count). The average Bonchev–Trinajstić information content (AvgIpc) is 2.90. The molecule has 1 heterocycles. The fourth-order valence-electron chi connectivity index (χ4n) is 1.82. The van der Waals surface area contributed by atoms with Gasteiger partial charge in [-0.1, -0.05) is 12.1 Å². The van der Waals surface area contributed by atoms with Crippen molar-refractivity contribution in [2.24, 2.45) is 12.2 Å². The van der Waals surface area contributed by atoms with Crippen LogP contribution in [0.25, 0.3) is 10.4 Å². The van der Waals surface area contributed by atoms with E-state index in [1.54, 1.807) is 36.1 Å². The zero-order chi connectivity index (χ0) is 15.2. The van der Waals surface area contributed by atoms with Gasteiger partial charge < -0.3 is 4.74 Å². The highest BCUT2D eigenvalue weighted by molar-refractivity contribution is 7.98. The number of hydrogen-bond acceptors (Lipinski definition) is 4. The van der Waals surface area contributed by atoms with Crippen LogP contribution in [0.2, 0.25) is 0 Å². The summed E-state index contributed by atoms with van der Waals surface area (Å²) >= 11 is 1.49. The van der Waals surface area contributed by atoms with Crippen molar-refractivity contribution < 1.29 is 9.53 Å². The molecule has 0 atom stereocenters. The van der Waals surface area contributed by atoms with Gasteiger partial charge in [-0.15, -0.1) is 16.9 Å². The van der Waals surface area contributed by atoms with Gasteiger partial charge in [0.15, 0.2) is 0 Å². The molecule has 0 fully saturated rings. The number of amides is 1. The molecule has 7 nitrogen and oxygen atoms in total. The normalized spacial score (nSPS) is 10.0. The van der Waals surface area contributed by atoms with E-state index in [0.29, 0.717) is 17.0 Å².